The third-order valence-electron chi connectivity index (χ3n) is 2.82. The molecule has 1 aliphatic rings. The van der Waals surface area contributed by atoms with Crippen molar-refractivity contribution in [2.75, 3.05) is 0 Å². The highest BCUT2D eigenvalue weighted by atomic mass is 19.1. The molecule has 14 heavy (non-hydrogen) atoms. The summed E-state index contributed by atoms with van der Waals surface area (Å²) in [5, 5.41) is 9.84. The van der Waals surface area contributed by atoms with Gasteiger partial charge < -0.3 is 10.8 Å². The monoisotopic (exact) mass is 195 g/mol. The van der Waals surface area contributed by atoms with Gasteiger partial charge in [0.1, 0.15) is 5.82 Å². The molecule has 0 radical (unpaired) electrons. The minimum atomic E-state index is -0.719. The molecule has 0 aliphatic heterocycles. The predicted molar refractivity (Wildman–Crippen MR) is 52.3 cm³/mol. The molecule has 3 heteroatoms. The predicted octanol–water partition coefficient (Wildman–Crippen LogP) is 1.52. The molecule has 0 bridgehead atoms. The molecule has 0 aromatic heterocycles. The second kappa shape index (κ2) is 3.67. The first-order valence-corrected chi connectivity index (χ1v) is 4.90. The van der Waals surface area contributed by atoms with Gasteiger partial charge in [-0.1, -0.05) is 6.07 Å². The lowest BCUT2D eigenvalue weighted by atomic mass is 9.99. The van der Waals surface area contributed by atoms with Crippen molar-refractivity contribution < 1.29 is 9.50 Å². The maximum atomic E-state index is 13.0. The highest BCUT2D eigenvalue weighted by Gasteiger charge is 2.23. The summed E-state index contributed by atoms with van der Waals surface area (Å²) in [6.07, 6.45) is 1.90. The molecule has 0 saturated heterocycles. The second-order valence-corrected chi connectivity index (χ2v) is 3.84. The van der Waals surface area contributed by atoms with E-state index in [9.17, 15) is 9.50 Å². The van der Waals surface area contributed by atoms with Crippen LogP contribution in [0.3, 0.4) is 0 Å². The normalized spacial score (nSPS) is 26.8. The molecular formula is C11H14FNO. The van der Waals surface area contributed by atoms with Crippen molar-refractivity contribution in [1.82, 2.24) is 0 Å². The van der Waals surface area contributed by atoms with Crippen molar-refractivity contribution >= 4 is 0 Å². The molecule has 0 amide bonds. The number of aryl methyl sites for hydroxylation is 1. The summed E-state index contributed by atoms with van der Waals surface area (Å²) in [6.45, 7) is 0. The van der Waals surface area contributed by atoms with Gasteiger partial charge >= 0.3 is 0 Å². The van der Waals surface area contributed by atoms with E-state index in [0.717, 1.165) is 24.8 Å². The smallest absolute Gasteiger partial charge is 0.123 e. The van der Waals surface area contributed by atoms with E-state index in [2.05, 4.69) is 0 Å². The molecule has 0 unspecified atom stereocenters. The largest absolute Gasteiger partial charge is 0.387 e. The molecule has 1 aromatic rings. The van der Waals surface area contributed by atoms with Crippen LogP contribution in [0.2, 0.25) is 0 Å². The first-order valence-electron chi connectivity index (χ1n) is 4.90. The van der Waals surface area contributed by atoms with Gasteiger partial charge in [0.25, 0.3) is 0 Å². The average Bonchev–Trinajstić information content (AvgIpc) is 2.30. The average molecular weight is 195 g/mol. The van der Waals surface area contributed by atoms with Crippen LogP contribution in [0, 0.1) is 5.82 Å². The van der Waals surface area contributed by atoms with Gasteiger partial charge in [-0.3, -0.25) is 0 Å². The van der Waals surface area contributed by atoms with E-state index in [1.54, 1.807) is 6.07 Å². The van der Waals surface area contributed by atoms with E-state index in [-0.39, 0.29) is 11.9 Å². The van der Waals surface area contributed by atoms with Crippen LogP contribution in [-0.2, 0) is 6.42 Å². The minimum Gasteiger partial charge on any atom is -0.387 e. The third kappa shape index (κ3) is 1.65. The first kappa shape index (κ1) is 9.62. The van der Waals surface area contributed by atoms with Crippen molar-refractivity contribution in [1.29, 1.82) is 0 Å². The topological polar surface area (TPSA) is 46.2 Å². The maximum absolute atomic E-state index is 13.0. The zero-order valence-electron chi connectivity index (χ0n) is 7.91. The molecule has 1 aromatic carbocycles. The van der Waals surface area contributed by atoms with Crippen LogP contribution < -0.4 is 5.73 Å². The van der Waals surface area contributed by atoms with E-state index in [1.807, 2.05) is 0 Å². The minimum absolute atomic E-state index is 0.266. The Labute approximate surface area is 82.5 Å². The van der Waals surface area contributed by atoms with Gasteiger partial charge in [-0.2, -0.15) is 0 Å². The molecule has 2 rings (SSSR count). The molecule has 0 fully saturated rings. The fraction of sp³-hybridized carbons (Fsp3) is 0.455. The van der Waals surface area contributed by atoms with Crippen LogP contribution >= 0.6 is 0 Å². The number of rotatable bonds is 0. The number of nitrogens with two attached hydrogens (primary N) is 1. The van der Waals surface area contributed by atoms with Gasteiger partial charge in [0, 0.05) is 6.04 Å². The number of hydrogen-bond acceptors (Lipinski definition) is 2. The molecule has 2 atom stereocenters. The highest BCUT2D eigenvalue weighted by molar-refractivity contribution is 5.31. The van der Waals surface area contributed by atoms with Crippen molar-refractivity contribution in [3.8, 4) is 0 Å². The van der Waals surface area contributed by atoms with Crippen LogP contribution in [-0.4, -0.2) is 11.1 Å². The Balaban J connectivity index is 2.44. The third-order valence-corrected chi connectivity index (χ3v) is 2.82. The highest BCUT2D eigenvalue weighted by Crippen LogP contribution is 2.28. The van der Waals surface area contributed by atoms with Crippen molar-refractivity contribution in [3.63, 3.8) is 0 Å². The Hall–Kier alpha value is -0.930. The summed E-state index contributed by atoms with van der Waals surface area (Å²) in [6, 6.07) is 4.30. The first-order chi connectivity index (χ1) is 6.68. The van der Waals surface area contributed by atoms with Crippen molar-refractivity contribution in [2.24, 2.45) is 5.73 Å². The lowest BCUT2D eigenvalue weighted by Crippen LogP contribution is -2.27. The van der Waals surface area contributed by atoms with Gasteiger partial charge in [0.15, 0.2) is 0 Å². The Morgan fingerprint density at radius 2 is 2.21 bits per heavy atom. The summed E-state index contributed by atoms with van der Waals surface area (Å²) < 4.78 is 13.0. The van der Waals surface area contributed by atoms with Gasteiger partial charge in [0.2, 0.25) is 0 Å². The summed E-state index contributed by atoms with van der Waals surface area (Å²) in [5.74, 6) is -0.308. The fourth-order valence-electron chi connectivity index (χ4n) is 1.99. The van der Waals surface area contributed by atoms with Crippen LogP contribution in [0.25, 0.3) is 0 Å². The van der Waals surface area contributed by atoms with Crippen molar-refractivity contribution in [3.05, 3.63) is 35.1 Å². The summed E-state index contributed by atoms with van der Waals surface area (Å²) >= 11 is 0. The Kier molecular flexibility index (Phi) is 2.52. The molecule has 0 spiro atoms. The zero-order valence-corrected chi connectivity index (χ0v) is 7.91. The van der Waals surface area contributed by atoms with E-state index >= 15 is 0 Å². The Bertz CT molecular complexity index is 340. The number of aliphatic hydroxyl groups excluding tert-OH is 1. The molecule has 1 aliphatic carbocycles. The lowest BCUT2D eigenvalue weighted by Gasteiger charge is -2.17. The fourth-order valence-corrected chi connectivity index (χ4v) is 1.99. The van der Waals surface area contributed by atoms with Crippen LogP contribution in [0.15, 0.2) is 18.2 Å². The number of halogens is 1. The Morgan fingerprint density at radius 3 is 3.00 bits per heavy atom. The summed E-state index contributed by atoms with van der Waals surface area (Å²) in [7, 11) is 0. The van der Waals surface area contributed by atoms with Crippen LogP contribution in [0.4, 0.5) is 4.39 Å². The SMILES string of the molecule is N[C@@H]1CCCc2ccc(F)cc2[C@H]1O. The van der Waals surface area contributed by atoms with Gasteiger partial charge in [-0.05, 0) is 42.5 Å². The van der Waals surface area contributed by atoms with Gasteiger partial charge in [-0.15, -0.1) is 0 Å². The lowest BCUT2D eigenvalue weighted by molar-refractivity contribution is 0.144. The number of aliphatic hydroxyl groups is 1. The summed E-state index contributed by atoms with van der Waals surface area (Å²) in [4.78, 5) is 0. The van der Waals surface area contributed by atoms with Gasteiger partial charge in [0.05, 0.1) is 6.10 Å². The van der Waals surface area contributed by atoms with Gasteiger partial charge in [-0.25, -0.2) is 4.39 Å². The molecule has 0 heterocycles. The molecule has 2 nitrogen and oxygen atoms in total. The van der Waals surface area contributed by atoms with Crippen LogP contribution in [0.1, 0.15) is 30.1 Å². The number of fused-ring (bicyclic) bond motifs is 1. The van der Waals surface area contributed by atoms with E-state index in [1.165, 1.54) is 12.1 Å². The molecular weight excluding hydrogens is 181 g/mol. The molecule has 0 saturated carbocycles. The number of hydrogen-bond donors (Lipinski definition) is 2. The van der Waals surface area contributed by atoms with Crippen molar-refractivity contribution in [2.45, 2.75) is 31.4 Å². The van der Waals surface area contributed by atoms with E-state index in [0.29, 0.717) is 5.56 Å². The standard InChI is InChI=1S/C11H14FNO/c12-8-5-4-7-2-1-3-10(13)11(14)9(7)6-8/h4-6,10-11,14H,1-3,13H2/t10-,11-/m1/s1. The molecule has 76 valence electrons. The maximum Gasteiger partial charge on any atom is 0.123 e. The van der Waals surface area contributed by atoms with Crippen LogP contribution in [0.5, 0.6) is 0 Å². The number of benzene rings is 1. The zero-order chi connectivity index (χ0) is 10.1. The quantitative estimate of drug-likeness (QED) is 0.616. The molecule has 3 N–H and O–H groups in total. The van der Waals surface area contributed by atoms with E-state index < -0.39 is 6.10 Å². The van der Waals surface area contributed by atoms with E-state index in [4.69, 9.17) is 5.73 Å². The summed E-state index contributed by atoms with van der Waals surface area (Å²) in [5.41, 5.74) is 7.45. The second-order valence-electron chi connectivity index (χ2n) is 3.84. The Morgan fingerprint density at radius 1 is 1.43 bits per heavy atom.